The maximum Gasteiger partial charge on any atom is 0.252 e. The Morgan fingerprint density at radius 3 is 2.00 bits per heavy atom. The van der Waals surface area contributed by atoms with Crippen molar-refractivity contribution in [1.29, 1.82) is 0 Å². The number of aryl methyl sites for hydroxylation is 1. The molecule has 0 fully saturated rings. The zero-order chi connectivity index (χ0) is 28.4. The second-order valence-electron chi connectivity index (χ2n) is 9.10. The Balaban J connectivity index is 1.54. The third-order valence-electron chi connectivity index (χ3n) is 6.28. The molecule has 4 rings (SSSR count). The van der Waals surface area contributed by atoms with E-state index in [-0.39, 0.29) is 23.8 Å². The molecule has 0 aromatic heterocycles. The summed E-state index contributed by atoms with van der Waals surface area (Å²) in [6.45, 7) is 0.0958. The minimum absolute atomic E-state index is 0.0958. The number of benzene rings is 4. The smallest absolute Gasteiger partial charge is 0.252 e. The summed E-state index contributed by atoms with van der Waals surface area (Å²) >= 11 is 0. The molecule has 0 unspecified atom stereocenters. The number of rotatable bonds is 11. The molecule has 1 atom stereocenters. The molecular weight excluding hydrogens is 527 g/mol. The molecule has 0 spiro atoms. The van der Waals surface area contributed by atoms with E-state index in [1.807, 2.05) is 36.4 Å². The Hall–Kier alpha value is -4.56. The molecule has 0 saturated carbocycles. The largest absolute Gasteiger partial charge is 0.348 e. The number of hydrogen-bond acceptors (Lipinski definition) is 4. The van der Waals surface area contributed by atoms with Gasteiger partial charge in [-0.1, -0.05) is 84.9 Å². The van der Waals surface area contributed by atoms with Gasteiger partial charge in [-0.15, -0.1) is 0 Å². The van der Waals surface area contributed by atoms with Gasteiger partial charge in [0.25, 0.3) is 11.8 Å². The highest BCUT2D eigenvalue weighted by Crippen LogP contribution is 2.21. The fourth-order valence-electron chi connectivity index (χ4n) is 4.13. The lowest BCUT2D eigenvalue weighted by molar-refractivity contribution is 0.0929. The van der Waals surface area contributed by atoms with Crippen molar-refractivity contribution in [3.63, 3.8) is 0 Å². The number of amides is 2. The molecule has 8 heteroatoms. The monoisotopic (exact) mass is 556 g/mol. The minimum Gasteiger partial charge on any atom is -0.348 e. The van der Waals surface area contributed by atoms with Gasteiger partial charge < -0.3 is 10.6 Å². The molecule has 0 aliphatic carbocycles. The van der Waals surface area contributed by atoms with E-state index in [0.717, 1.165) is 11.6 Å². The number of halogens is 1. The van der Waals surface area contributed by atoms with Gasteiger partial charge in [-0.05, 0) is 60.4 Å². The average Bonchev–Trinajstić information content (AvgIpc) is 3.00. The third kappa shape index (κ3) is 7.51. The SMILES string of the molecule is O=C(NCc1ccccc1C(=O)N[C@H](/C=C(\F)S(=O)(=O)c1ccccc1)CCc1ccccc1)c1ccccc1. The molecule has 2 amide bonds. The van der Waals surface area contributed by atoms with Gasteiger partial charge in [0.15, 0.2) is 0 Å². The molecule has 6 nitrogen and oxygen atoms in total. The van der Waals surface area contributed by atoms with Crippen LogP contribution in [0.3, 0.4) is 0 Å². The molecule has 0 radical (unpaired) electrons. The van der Waals surface area contributed by atoms with Crippen LogP contribution in [0.5, 0.6) is 0 Å². The Bertz CT molecular complexity index is 1580. The standard InChI is InChI=1S/C32H29FN2O4S/c33-30(40(38,39)28-17-8-3-9-18-28)22-27(21-20-24-12-4-1-5-13-24)35-32(37)29-19-11-10-16-26(29)23-34-31(36)25-14-6-2-7-15-25/h1-19,22,27H,20-21,23H2,(H,34,36)(H,35,37)/b30-22+/t27-/m0/s1. The van der Waals surface area contributed by atoms with Crippen LogP contribution in [-0.4, -0.2) is 26.3 Å². The second-order valence-corrected chi connectivity index (χ2v) is 11.0. The highest BCUT2D eigenvalue weighted by atomic mass is 32.2. The molecule has 0 bridgehead atoms. The van der Waals surface area contributed by atoms with Crippen molar-refractivity contribution in [3.05, 3.63) is 149 Å². The van der Waals surface area contributed by atoms with Crippen LogP contribution in [0.4, 0.5) is 4.39 Å². The van der Waals surface area contributed by atoms with Crippen molar-refractivity contribution < 1.29 is 22.4 Å². The van der Waals surface area contributed by atoms with Gasteiger partial charge >= 0.3 is 0 Å². The summed E-state index contributed by atoms with van der Waals surface area (Å²) in [6.07, 6.45) is 1.69. The lowest BCUT2D eigenvalue weighted by Crippen LogP contribution is -2.35. The summed E-state index contributed by atoms with van der Waals surface area (Å²) in [5.41, 5.74) is 2.31. The lowest BCUT2D eigenvalue weighted by Gasteiger charge is -2.18. The second kappa shape index (κ2) is 13.5. The van der Waals surface area contributed by atoms with Gasteiger partial charge in [-0.2, -0.15) is 4.39 Å². The van der Waals surface area contributed by atoms with Crippen LogP contribution in [-0.2, 0) is 22.8 Å². The molecular formula is C32H29FN2O4S. The van der Waals surface area contributed by atoms with Gasteiger partial charge in [0.05, 0.1) is 10.9 Å². The Kier molecular flexibility index (Phi) is 9.59. The highest BCUT2D eigenvalue weighted by molar-refractivity contribution is 7.95. The predicted octanol–water partition coefficient (Wildman–Crippen LogP) is 5.63. The van der Waals surface area contributed by atoms with Crippen molar-refractivity contribution in [2.45, 2.75) is 30.3 Å². The third-order valence-corrected chi connectivity index (χ3v) is 7.83. The summed E-state index contributed by atoms with van der Waals surface area (Å²) in [5.74, 6) is -0.795. The first kappa shape index (κ1) is 28.4. The maximum absolute atomic E-state index is 15.2. The maximum atomic E-state index is 15.2. The molecule has 40 heavy (non-hydrogen) atoms. The molecule has 2 N–H and O–H groups in total. The van der Waals surface area contributed by atoms with Crippen LogP contribution in [0, 0.1) is 0 Å². The van der Waals surface area contributed by atoms with Crippen LogP contribution in [0.1, 0.15) is 38.3 Å². The Morgan fingerprint density at radius 2 is 1.32 bits per heavy atom. The molecule has 0 saturated heterocycles. The first-order valence-electron chi connectivity index (χ1n) is 12.8. The van der Waals surface area contributed by atoms with Gasteiger partial charge in [-0.25, -0.2) is 8.42 Å². The molecule has 4 aromatic carbocycles. The Labute approximate surface area is 233 Å². The van der Waals surface area contributed by atoms with E-state index in [1.165, 1.54) is 24.3 Å². The van der Waals surface area contributed by atoms with Crippen LogP contribution in [0.15, 0.2) is 131 Å². The summed E-state index contributed by atoms with van der Waals surface area (Å²) in [7, 11) is -4.37. The van der Waals surface area contributed by atoms with E-state index in [0.29, 0.717) is 23.1 Å². The molecule has 0 aliphatic rings. The zero-order valence-electron chi connectivity index (χ0n) is 21.7. The highest BCUT2D eigenvalue weighted by Gasteiger charge is 2.24. The van der Waals surface area contributed by atoms with Crippen LogP contribution in [0.25, 0.3) is 0 Å². The number of carbonyl (C=O) groups is 2. The summed E-state index contributed by atoms with van der Waals surface area (Å²) < 4.78 is 40.9. The fourth-order valence-corrected chi connectivity index (χ4v) is 5.22. The number of sulfone groups is 1. The van der Waals surface area contributed by atoms with E-state index < -0.39 is 26.9 Å². The van der Waals surface area contributed by atoms with E-state index in [1.54, 1.807) is 54.6 Å². The summed E-state index contributed by atoms with van der Waals surface area (Å²) in [5, 5.41) is 4.26. The van der Waals surface area contributed by atoms with Gasteiger partial charge in [-0.3, -0.25) is 9.59 Å². The normalized spacial score (nSPS) is 12.4. The summed E-state index contributed by atoms with van der Waals surface area (Å²) in [6, 6.07) is 31.3. The van der Waals surface area contributed by atoms with Gasteiger partial charge in [0.2, 0.25) is 15.0 Å². The van der Waals surface area contributed by atoms with Crippen molar-refractivity contribution in [2.75, 3.05) is 0 Å². The van der Waals surface area contributed by atoms with Crippen molar-refractivity contribution >= 4 is 21.7 Å². The van der Waals surface area contributed by atoms with Crippen LogP contribution < -0.4 is 10.6 Å². The lowest BCUT2D eigenvalue weighted by atomic mass is 10.0. The predicted molar refractivity (Wildman–Crippen MR) is 153 cm³/mol. The number of nitrogens with one attached hydrogen (secondary N) is 2. The van der Waals surface area contributed by atoms with Crippen LogP contribution in [0.2, 0.25) is 0 Å². The topological polar surface area (TPSA) is 92.3 Å². The van der Waals surface area contributed by atoms with Crippen molar-refractivity contribution in [2.24, 2.45) is 0 Å². The number of carbonyl (C=O) groups excluding carboxylic acids is 2. The molecule has 0 aliphatic heterocycles. The van der Waals surface area contributed by atoms with Crippen molar-refractivity contribution in [3.8, 4) is 0 Å². The first-order valence-corrected chi connectivity index (χ1v) is 14.3. The quantitative estimate of drug-likeness (QED) is 0.250. The minimum atomic E-state index is -4.37. The average molecular weight is 557 g/mol. The van der Waals surface area contributed by atoms with Crippen LogP contribution >= 0.6 is 0 Å². The Morgan fingerprint density at radius 1 is 0.750 bits per heavy atom. The van der Waals surface area contributed by atoms with E-state index in [9.17, 15) is 18.0 Å². The molecule has 4 aromatic rings. The molecule has 204 valence electrons. The zero-order valence-corrected chi connectivity index (χ0v) is 22.5. The van der Waals surface area contributed by atoms with Gasteiger partial charge in [0, 0.05) is 17.7 Å². The first-order chi connectivity index (χ1) is 19.3. The van der Waals surface area contributed by atoms with E-state index >= 15 is 4.39 Å². The van der Waals surface area contributed by atoms with Crippen molar-refractivity contribution in [1.82, 2.24) is 10.6 Å². The molecule has 0 heterocycles. The number of hydrogen-bond donors (Lipinski definition) is 2. The fraction of sp³-hybridized carbons (Fsp3) is 0.125. The van der Waals surface area contributed by atoms with E-state index in [2.05, 4.69) is 10.6 Å². The van der Waals surface area contributed by atoms with E-state index in [4.69, 9.17) is 0 Å². The van der Waals surface area contributed by atoms with Gasteiger partial charge in [0.1, 0.15) is 0 Å². The summed E-state index contributed by atoms with van der Waals surface area (Å²) in [4.78, 5) is 25.7.